The number of carbonyl (C=O) groups is 3. The Kier molecular flexibility index (Phi) is 7.56. The summed E-state index contributed by atoms with van der Waals surface area (Å²) in [6.45, 7) is -1.17. The fourth-order valence-electron chi connectivity index (χ4n) is 2.23. The van der Waals surface area contributed by atoms with Gasteiger partial charge in [-0.3, -0.25) is 14.4 Å². The van der Waals surface area contributed by atoms with E-state index in [1.54, 1.807) is 28.2 Å². The van der Waals surface area contributed by atoms with Crippen molar-refractivity contribution in [1.29, 1.82) is 0 Å². The SMILES string of the molecule is O=C(CCCNC(=O)c1ccsc1)Nc1ccccc1C(=O)NCC(F)(F)F. The molecule has 1 aromatic carbocycles. The van der Waals surface area contributed by atoms with Gasteiger partial charge in [-0.2, -0.15) is 24.5 Å². The third kappa shape index (κ3) is 7.03. The molecule has 2 aromatic rings. The molecule has 6 nitrogen and oxygen atoms in total. The lowest BCUT2D eigenvalue weighted by Gasteiger charge is -2.12. The Balaban J connectivity index is 1.81. The van der Waals surface area contributed by atoms with Crippen LogP contribution in [0.4, 0.5) is 18.9 Å². The van der Waals surface area contributed by atoms with Crippen LogP contribution < -0.4 is 16.0 Å². The molecule has 0 unspecified atom stereocenters. The smallest absolute Gasteiger partial charge is 0.352 e. The molecular formula is C18H18F3N3O3S. The number of hydrogen-bond acceptors (Lipinski definition) is 4. The largest absolute Gasteiger partial charge is 0.405 e. The zero-order valence-corrected chi connectivity index (χ0v) is 15.5. The highest BCUT2D eigenvalue weighted by Crippen LogP contribution is 2.17. The van der Waals surface area contributed by atoms with Gasteiger partial charge in [-0.25, -0.2) is 0 Å². The minimum absolute atomic E-state index is 0.0640. The molecular weight excluding hydrogens is 395 g/mol. The van der Waals surface area contributed by atoms with E-state index < -0.39 is 24.5 Å². The fraction of sp³-hybridized carbons (Fsp3) is 0.278. The number of alkyl halides is 3. The summed E-state index contributed by atoms with van der Waals surface area (Å²) in [7, 11) is 0. The lowest BCUT2D eigenvalue weighted by Crippen LogP contribution is -2.34. The topological polar surface area (TPSA) is 87.3 Å². The molecule has 28 heavy (non-hydrogen) atoms. The van der Waals surface area contributed by atoms with Gasteiger partial charge in [-0.1, -0.05) is 12.1 Å². The van der Waals surface area contributed by atoms with E-state index in [4.69, 9.17) is 0 Å². The minimum Gasteiger partial charge on any atom is -0.352 e. The molecule has 10 heteroatoms. The second-order valence-electron chi connectivity index (χ2n) is 5.76. The van der Waals surface area contributed by atoms with E-state index in [2.05, 4.69) is 10.6 Å². The molecule has 3 N–H and O–H groups in total. The maximum Gasteiger partial charge on any atom is 0.405 e. The average molecular weight is 413 g/mol. The number of benzene rings is 1. The Labute approximate surface area is 163 Å². The van der Waals surface area contributed by atoms with Crippen molar-refractivity contribution in [3.05, 3.63) is 52.2 Å². The average Bonchev–Trinajstić information content (AvgIpc) is 3.18. The van der Waals surface area contributed by atoms with Crippen LogP contribution in [0, 0.1) is 0 Å². The Morgan fingerprint density at radius 1 is 1.00 bits per heavy atom. The van der Waals surface area contributed by atoms with Crippen LogP contribution in [0.2, 0.25) is 0 Å². The zero-order chi connectivity index (χ0) is 20.6. The van der Waals surface area contributed by atoms with E-state index in [-0.39, 0.29) is 30.1 Å². The maximum absolute atomic E-state index is 12.2. The number of carbonyl (C=O) groups excluding carboxylic acids is 3. The summed E-state index contributed by atoms with van der Waals surface area (Å²) in [5.41, 5.74) is 0.605. The standard InChI is InChI=1S/C18H18F3N3O3S/c19-18(20,21)11-23-17(27)13-4-1-2-5-14(13)24-15(25)6-3-8-22-16(26)12-7-9-28-10-12/h1-2,4-5,7,9-10H,3,6,8,11H2,(H,22,26)(H,23,27)(H,24,25). The van der Waals surface area contributed by atoms with Crippen molar-refractivity contribution in [2.24, 2.45) is 0 Å². The van der Waals surface area contributed by atoms with Crippen molar-refractivity contribution in [2.45, 2.75) is 19.0 Å². The Morgan fingerprint density at radius 2 is 1.75 bits per heavy atom. The highest BCUT2D eigenvalue weighted by molar-refractivity contribution is 7.08. The van der Waals surface area contributed by atoms with E-state index in [1.807, 2.05) is 0 Å². The van der Waals surface area contributed by atoms with Gasteiger partial charge in [0.25, 0.3) is 11.8 Å². The van der Waals surface area contributed by atoms with Gasteiger partial charge < -0.3 is 16.0 Å². The van der Waals surface area contributed by atoms with E-state index in [0.29, 0.717) is 12.0 Å². The van der Waals surface area contributed by atoms with Gasteiger partial charge in [0.1, 0.15) is 6.54 Å². The number of thiophene rings is 1. The summed E-state index contributed by atoms with van der Waals surface area (Å²) in [4.78, 5) is 35.7. The number of rotatable bonds is 8. The normalized spacial score (nSPS) is 11.0. The first-order valence-corrected chi connectivity index (χ1v) is 9.25. The predicted octanol–water partition coefficient (Wildman–Crippen LogP) is 3.19. The summed E-state index contributed by atoms with van der Waals surface area (Å²) in [6, 6.07) is 7.48. The molecule has 1 aromatic heterocycles. The quantitative estimate of drug-likeness (QED) is 0.581. The van der Waals surface area contributed by atoms with E-state index >= 15 is 0 Å². The number of para-hydroxylation sites is 1. The van der Waals surface area contributed by atoms with Crippen LogP contribution in [-0.4, -0.2) is 37.0 Å². The summed E-state index contributed by atoms with van der Waals surface area (Å²) in [5.74, 6) is -1.58. The molecule has 0 atom stereocenters. The lowest BCUT2D eigenvalue weighted by molar-refractivity contribution is -0.123. The number of halogens is 3. The van der Waals surface area contributed by atoms with Crippen molar-refractivity contribution in [3.63, 3.8) is 0 Å². The third-order valence-corrected chi connectivity index (χ3v) is 4.23. The Bertz CT molecular complexity index is 823. The first-order valence-electron chi connectivity index (χ1n) is 8.30. The molecule has 3 amide bonds. The van der Waals surface area contributed by atoms with Crippen molar-refractivity contribution in [2.75, 3.05) is 18.4 Å². The molecule has 0 saturated carbocycles. The second-order valence-corrected chi connectivity index (χ2v) is 6.54. The highest BCUT2D eigenvalue weighted by atomic mass is 32.1. The zero-order valence-electron chi connectivity index (χ0n) is 14.6. The monoisotopic (exact) mass is 413 g/mol. The van der Waals surface area contributed by atoms with Gasteiger partial charge in [0.15, 0.2) is 0 Å². The van der Waals surface area contributed by atoms with Gasteiger partial charge in [-0.05, 0) is 30.0 Å². The highest BCUT2D eigenvalue weighted by Gasteiger charge is 2.28. The van der Waals surface area contributed by atoms with E-state index in [9.17, 15) is 27.6 Å². The van der Waals surface area contributed by atoms with Crippen LogP contribution in [0.3, 0.4) is 0 Å². The molecule has 2 rings (SSSR count). The Hall–Kier alpha value is -2.88. The van der Waals surface area contributed by atoms with Crippen LogP contribution in [0.5, 0.6) is 0 Å². The first kappa shape index (κ1) is 21.4. The molecule has 150 valence electrons. The molecule has 0 radical (unpaired) electrons. The second kappa shape index (κ2) is 9.88. The number of hydrogen-bond donors (Lipinski definition) is 3. The lowest BCUT2D eigenvalue weighted by atomic mass is 10.1. The van der Waals surface area contributed by atoms with Crippen molar-refractivity contribution < 1.29 is 27.6 Å². The summed E-state index contributed by atoms with van der Waals surface area (Å²) < 4.78 is 36.7. The minimum atomic E-state index is -4.53. The first-order chi connectivity index (χ1) is 13.3. The summed E-state index contributed by atoms with van der Waals surface area (Å²) in [6.07, 6.45) is -4.09. The van der Waals surface area contributed by atoms with Gasteiger partial charge in [0, 0.05) is 23.9 Å². The number of amides is 3. The molecule has 0 fully saturated rings. The summed E-state index contributed by atoms with van der Waals surface area (Å²) in [5, 5.41) is 10.5. The third-order valence-electron chi connectivity index (χ3n) is 3.54. The Morgan fingerprint density at radius 3 is 2.43 bits per heavy atom. The molecule has 0 saturated heterocycles. The number of nitrogens with one attached hydrogen (secondary N) is 3. The van der Waals surface area contributed by atoms with Crippen molar-refractivity contribution in [3.8, 4) is 0 Å². The molecule has 0 aliphatic heterocycles. The van der Waals surface area contributed by atoms with Gasteiger partial charge in [0.05, 0.1) is 11.3 Å². The van der Waals surface area contributed by atoms with Crippen LogP contribution in [0.1, 0.15) is 33.6 Å². The van der Waals surface area contributed by atoms with E-state index in [1.165, 1.54) is 29.5 Å². The predicted molar refractivity (Wildman–Crippen MR) is 99.3 cm³/mol. The van der Waals surface area contributed by atoms with Crippen LogP contribution >= 0.6 is 11.3 Å². The maximum atomic E-state index is 12.2. The van der Waals surface area contributed by atoms with Crippen LogP contribution in [-0.2, 0) is 4.79 Å². The molecule has 0 aliphatic rings. The molecule has 0 aliphatic carbocycles. The van der Waals surface area contributed by atoms with Crippen molar-refractivity contribution in [1.82, 2.24) is 10.6 Å². The molecule has 0 bridgehead atoms. The van der Waals surface area contributed by atoms with E-state index in [0.717, 1.165) is 0 Å². The molecule has 0 spiro atoms. The van der Waals surface area contributed by atoms with Crippen molar-refractivity contribution >= 4 is 34.7 Å². The van der Waals surface area contributed by atoms with Gasteiger partial charge in [-0.15, -0.1) is 0 Å². The van der Waals surface area contributed by atoms with Gasteiger partial charge in [0.2, 0.25) is 5.91 Å². The number of anilines is 1. The van der Waals surface area contributed by atoms with Crippen LogP contribution in [0.25, 0.3) is 0 Å². The van der Waals surface area contributed by atoms with Crippen LogP contribution in [0.15, 0.2) is 41.1 Å². The fourth-order valence-corrected chi connectivity index (χ4v) is 2.86. The molecule has 1 heterocycles. The van der Waals surface area contributed by atoms with Gasteiger partial charge >= 0.3 is 6.18 Å². The summed E-state index contributed by atoms with van der Waals surface area (Å²) >= 11 is 1.40.